The predicted molar refractivity (Wildman–Crippen MR) is 41.8 cm³/mol. The molecule has 1 rings (SSSR count). The molecule has 0 saturated carbocycles. The SMILES string of the molecule is O=[N+]([O-])C(c1nnn(C(F)(F)F)n1)([N+](=O)[O-])[N+](=O)[O-]. The van der Waals surface area contributed by atoms with Gasteiger partial charge in [-0.05, 0) is 5.21 Å². The smallest absolute Gasteiger partial charge is 0.252 e. The van der Waals surface area contributed by atoms with Crippen molar-refractivity contribution in [2.75, 3.05) is 0 Å². The third kappa shape index (κ3) is 1.98. The Morgan fingerprint density at radius 3 is 1.68 bits per heavy atom. The first-order valence-corrected chi connectivity index (χ1v) is 3.85. The molecule has 0 aliphatic carbocycles. The van der Waals surface area contributed by atoms with Crippen LogP contribution in [0, 0.1) is 30.3 Å². The predicted octanol–water partition coefficient (Wildman–Crippen LogP) is -0.910. The van der Waals surface area contributed by atoms with Crippen LogP contribution in [0.3, 0.4) is 0 Å². The molecule has 1 heterocycles. The van der Waals surface area contributed by atoms with Gasteiger partial charge in [-0.15, -0.1) is 18.3 Å². The summed E-state index contributed by atoms with van der Waals surface area (Å²) in [5.74, 6) is -6.28. The number of nitro groups is 3. The van der Waals surface area contributed by atoms with Crippen LogP contribution in [0.15, 0.2) is 0 Å². The molecular weight excluding hydrogens is 287 g/mol. The second-order valence-corrected chi connectivity index (χ2v) is 2.78. The maximum atomic E-state index is 12.1. The Bertz CT molecular complexity index is 514. The van der Waals surface area contributed by atoms with Crippen molar-refractivity contribution in [3.8, 4) is 0 Å². The highest BCUT2D eigenvalue weighted by atomic mass is 19.4. The molecule has 0 radical (unpaired) electrons. The molecule has 104 valence electrons. The number of rotatable bonds is 4. The number of hydrogen-bond acceptors (Lipinski definition) is 9. The Kier molecular flexibility index (Phi) is 3.02. The van der Waals surface area contributed by atoms with Gasteiger partial charge in [0.15, 0.2) is 14.8 Å². The molecular formula is C3F3N7O6. The molecule has 0 amide bonds. The molecule has 0 aliphatic rings. The largest absolute Gasteiger partial charge is 0.766 e. The summed E-state index contributed by atoms with van der Waals surface area (Å²) in [5, 5.41) is 38.3. The van der Waals surface area contributed by atoms with E-state index in [1.54, 1.807) is 0 Å². The van der Waals surface area contributed by atoms with Gasteiger partial charge in [-0.2, -0.15) is 0 Å². The molecule has 0 N–H and O–H groups in total. The summed E-state index contributed by atoms with van der Waals surface area (Å²) in [6, 6.07) is 0. The molecule has 19 heavy (non-hydrogen) atoms. The van der Waals surface area contributed by atoms with Gasteiger partial charge in [-0.1, -0.05) is 9.90 Å². The molecule has 1 aromatic heterocycles. The minimum atomic E-state index is -5.29. The maximum absolute atomic E-state index is 12.1. The Morgan fingerprint density at radius 1 is 1.00 bits per heavy atom. The number of hydrogen-bond donors (Lipinski definition) is 0. The normalized spacial score (nSPS) is 12.2. The van der Waals surface area contributed by atoms with Gasteiger partial charge < -0.3 is 0 Å². The summed E-state index contributed by atoms with van der Waals surface area (Å²) in [6.07, 6.45) is -5.29. The summed E-state index contributed by atoms with van der Waals surface area (Å²) in [6.45, 7) is 0. The number of tetrazole rings is 1. The first kappa shape index (κ1) is 14.1. The molecule has 0 saturated heterocycles. The van der Waals surface area contributed by atoms with Crippen LogP contribution in [0.25, 0.3) is 0 Å². The van der Waals surface area contributed by atoms with Crippen molar-refractivity contribution in [3.05, 3.63) is 36.2 Å². The average Bonchev–Trinajstić information content (AvgIpc) is 2.65. The molecule has 0 aliphatic heterocycles. The molecule has 1 aromatic rings. The van der Waals surface area contributed by atoms with Crippen LogP contribution in [0.2, 0.25) is 0 Å². The molecule has 0 fully saturated rings. The van der Waals surface area contributed by atoms with E-state index in [4.69, 9.17) is 0 Å². The van der Waals surface area contributed by atoms with E-state index in [1.165, 1.54) is 0 Å². The van der Waals surface area contributed by atoms with Crippen LogP contribution in [0.4, 0.5) is 13.2 Å². The summed E-state index contributed by atoms with van der Waals surface area (Å²) in [7, 11) is 0. The first-order valence-electron chi connectivity index (χ1n) is 3.85. The van der Waals surface area contributed by atoms with E-state index >= 15 is 0 Å². The second kappa shape index (κ2) is 4.07. The number of alkyl halides is 3. The molecule has 0 unspecified atom stereocenters. The Labute approximate surface area is 97.6 Å². The lowest BCUT2D eigenvalue weighted by molar-refractivity contribution is -0.987. The minimum absolute atomic E-state index is 1.17. The van der Waals surface area contributed by atoms with Gasteiger partial charge in [0.25, 0.3) is 0 Å². The van der Waals surface area contributed by atoms with E-state index < -0.39 is 37.5 Å². The van der Waals surface area contributed by atoms with Gasteiger partial charge in [0.2, 0.25) is 0 Å². The zero-order valence-corrected chi connectivity index (χ0v) is 8.21. The highest BCUT2D eigenvalue weighted by molar-refractivity contribution is 4.84. The Balaban J connectivity index is 3.51. The molecule has 0 spiro atoms. The van der Waals surface area contributed by atoms with Crippen molar-refractivity contribution in [2.24, 2.45) is 0 Å². The minimum Gasteiger partial charge on any atom is -0.252 e. The van der Waals surface area contributed by atoms with Crippen molar-refractivity contribution in [3.63, 3.8) is 0 Å². The van der Waals surface area contributed by atoms with Gasteiger partial charge in [0.05, 0.1) is 0 Å². The summed E-state index contributed by atoms with van der Waals surface area (Å²) >= 11 is 0. The van der Waals surface area contributed by atoms with Crippen LogP contribution >= 0.6 is 0 Å². The van der Waals surface area contributed by atoms with Crippen molar-refractivity contribution in [2.45, 2.75) is 12.1 Å². The summed E-state index contributed by atoms with van der Waals surface area (Å²) in [5.41, 5.74) is 0. The monoisotopic (exact) mass is 287 g/mol. The topological polar surface area (TPSA) is 173 Å². The van der Waals surface area contributed by atoms with Crippen molar-refractivity contribution >= 4 is 0 Å². The van der Waals surface area contributed by atoms with Gasteiger partial charge in [0.1, 0.15) is 0 Å². The van der Waals surface area contributed by atoms with E-state index in [0.717, 1.165) is 0 Å². The third-order valence-corrected chi connectivity index (χ3v) is 1.70. The zero-order chi connectivity index (χ0) is 15.0. The highest BCUT2D eigenvalue weighted by Gasteiger charge is 2.77. The fraction of sp³-hybridized carbons (Fsp3) is 0.667. The molecule has 0 bridgehead atoms. The third-order valence-electron chi connectivity index (χ3n) is 1.70. The second-order valence-electron chi connectivity index (χ2n) is 2.78. The summed E-state index contributed by atoms with van der Waals surface area (Å²) < 4.78 is 36.2. The van der Waals surface area contributed by atoms with E-state index in [9.17, 15) is 43.5 Å². The van der Waals surface area contributed by atoms with Crippen molar-refractivity contribution in [1.82, 2.24) is 20.2 Å². The van der Waals surface area contributed by atoms with E-state index in [1.807, 2.05) is 0 Å². The molecule has 16 heteroatoms. The maximum Gasteiger partial charge on any atom is 0.766 e. The highest BCUT2D eigenvalue weighted by Crippen LogP contribution is 2.25. The van der Waals surface area contributed by atoms with Gasteiger partial charge in [0, 0.05) is 0 Å². The van der Waals surface area contributed by atoms with E-state index in [-0.39, 0.29) is 0 Å². The Hall–Kier alpha value is -2.94. The number of nitrogens with zero attached hydrogens (tertiary/aromatic N) is 7. The quantitative estimate of drug-likeness (QED) is 0.385. The van der Waals surface area contributed by atoms with Crippen molar-refractivity contribution < 1.29 is 27.9 Å². The van der Waals surface area contributed by atoms with Crippen LogP contribution in [0.5, 0.6) is 0 Å². The lowest BCUT2D eigenvalue weighted by Crippen LogP contribution is -2.51. The van der Waals surface area contributed by atoms with Crippen molar-refractivity contribution in [1.29, 1.82) is 0 Å². The fourth-order valence-corrected chi connectivity index (χ4v) is 0.901. The molecule has 13 nitrogen and oxygen atoms in total. The van der Waals surface area contributed by atoms with Crippen LogP contribution < -0.4 is 0 Å². The molecule has 0 atom stereocenters. The van der Waals surface area contributed by atoms with Gasteiger partial charge >= 0.3 is 17.9 Å². The molecule has 0 aromatic carbocycles. The van der Waals surface area contributed by atoms with E-state index in [0.29, 0.717) is 0 Å². The Morgan fingerprint density at radius 2 is 1.42 bits per heavy atom. The number of halogens is 3. The standard InChI is InChI=1S/C3F3N7O6/c4-3(5,6)10-8-1(7-9-10)2(11(14)15,12(16)17)13(18)19. The number of aromatic nitrogens is 4. The fourth-order valence-electron chi connectivity index (χ4n) is 0.901. The zero-order valence-electron chi connectivity index (χ0n) is 8.21. The van der Waals surface area contributed by atoms with Gasteiger partial charge in [-0.3, -0.25) is 30.3 Å². The lowest BCUT2D eigenvalue weighted by Gasteiger charge is -2.04. The average molecular weight is 287 g/mol. The van der Waals surface area contributed by atoms with Crippen LogP contribution in [0.1, 0.15) is 5.82 Å². The summed E-state index contributed by atoms with van der Waals surface area (Å²) in [4.78, 5) is 24.2. The van der Waals surface area contributed by atoms with E-state index in [2.05, 4.69) is 15.4 Å². The van der Waals surface area contributed by atoms with Gasteiger partial charge in [-0.25, -0.2) is 0 Å². The lowest BCUT2D eigenvalue weighted by atomic mass is 10.3. The van der Waals surface area contributed by atoms with Crippen LogP contribution in [-0.4, -0.2) is 35.0 Å². The first-order chi connectivity index (χ1) is 8.54. The van der Waals surface area contributed by atoms with Crippen LogP contribution in [-0.2, 0) is 12.1 Å².